The van der Waals surface area contributed by atoms with E-state index in [9.17, 15) is 17.6 Å². The number of hydrogen-bond acceptors (Lipinski definition) is 4. The lowest BCUT2D eigenvalue weighted by molar-refractivity contribution is -0.134. The Balaban J connectivity index is 2.41. The monoisotopic (exact) mass is 357 g/mol. The molecular weight excluding hydrogens is 333 g/mol. The Hall–Kier alpha value is -1.51. The van der Waals surface area contributed by atoms with Gasteiger partial charge in [0.25, 0.3) is 0 Å². The van der Waals surface area contributed by atoms with E-state index in [0.717, 1.165) is 4.31 Å². The molecule has 1 aliphatic heterocycles. The summed E-state index contributed by atoms with van der Waals surface area (Å²) in [6.07, 6.45) is 0.238. The predicted octanol–water partition coefficient (Wildman–Crippen LogP) is 1.09. The zero-order valence-electron chi connectivity index (χ0n) is 14.2. The molecule has 1 aromatic carbocycles. The SMILES string of the molecule is CCN(CC)C(=O)[C@@H]1C[C@H](N)CN1S(=O)(=O)c1ccc(C)cc1F. The summed E-state index contributed by atoms with van der Waals surface area (Å²) >= 11 is 0. The minimum Gasteiger partial charge on any atom is -0.342 e. The number of nitrogens with zero attached hydrogens (tertiary/aromatic N) is 2. The number of hydrogen-bond donors (Lipinski definition) is 1. The molecular formula is C16H24FN3O3S. The number of amides is 1. The van der Waals surface area contributed by atoms with Crippen LogP contribution < -0.4 is 5.73 Å². The Labute approximate surface area is 142 Å². The minimum absolute atomic E-state index is 0.00727. The van der Waals surface area contributed by atoms with Gasteiger partial charge in [0.05, 0.1) is 0 Å². The highest BCUT2D eigenvalue weighted by atomic mass is 32.2. The minimum atomic E-state index is -4.13. The van der Waals surface area contributed by atoms with Gasteiger partial charge in [0.2, 0.25) is 15.9 Å². The molecule has 1 heterocycles. The zero-order chi connectivity index (χ0) is 18.1. The van der Waals surface area contributed by atoms with E-state index in [0.29, 0.717) is 18.7 Å². The quantitative estimate of drug-likeness (QED) is 0.855. The first-order valence-corrected chi connectivity index (χ1v) is 9.48. The predicted molar refractivity (Wildman–Crippen MR) is 89.3 cm³/mol. The van der Waals surface area contributed by atoms with Crippen LogP contribution in [0.1, 0.15) is 25.8 Å². The smallest absolute Gasteiger partial charge is 0.246 e. The van der Waals surface area contributed by atoms with E-state index >= 15 is 0 Å². The molecule has 1 amide bonds. The van der Waals surface area contributed by atoms with Gasteiger partial charge in [0.1, 0.15) is 16.8 Å². The first-order chi connectivity index (χ1) is 11.2. The number of sulfonamides is 1. The second-order valence-corrected chi connectivity index (χ2v) is 7.89. The molecule has 0 aromatic heterocycles. The summed E-state index contributed by atoms with van der Waals surface area (Å²) in [5.41, 5.74) is 6.53. The molecule has 24 heavy (non-hydrogen) atoms. The molecule has 1 aromatic rings. The normalized spacial score (nSPS) is 21.9. The van der Waals surface area contributed by atoms with Gasteiger partial charge >= 0.3 is 0 Å². The Kier molecular flexibility index (Phi) is 5.62. The van der Waals surface area contributed by atoms with Crippen molar-refractivity contribution in [1.82, 2.24) is 9.21 Å². The van der Waals surface area contributed by atoms with Gasteiger partial charge in [-0.3, -0.25) is 4.79 Å². The van der Waals surface area contributed by atoms with E-state index < -0.39 is 32.8 Å². The van der Waals surface area contributed by atoms with Gasteiger partial charge in [-0.2, -0.15) is 4.31 Å². The van der Waals surface area contributed by atoms with E-state index in [1.807, 2.05) is 13.8 Å². The van der Waals surface area contributed by atoms with Gasteiger partial charge in [-0.25, -0.2) is 12.8 Å². The van der Waals surface area contributed by atoms with Crippen LogP contribution in [0.25, 0.3) is 0 Å². The van der Waals surface area contributed by atoms with Gasteiger partial charge in [0, 0.05) is 25.7 Å². The highest BCUT2D eigenvalue weighted by molar-refractivity contribution is 7.89. The Morgan fingerprint density at radius 3 is 2.54 bits per heavy atom. The highest BCUT2D eigenvalue weighted by Crippen LogP contribution is 2.28. The molecule has 8 heteroatoms. The van der Waals surface area contributed by atoms with E-state index in [2.05, 4.69) is 0 Å². The number of carbonyl (C=O) groups excluding carboxylic acids is 1. The third kappa shape index (κ3) is 3.45. The van der Waals surface area contributed by atoms with Gasteiger partial charge in [0.15, 0.2) is 0 Å². The van der Waals surface area contributed by atoms with Crippen molar-refractivity contribution in [2.45, 2.75) is 44.2 Å². The van der Waals surface area contributed by atoms with Crippen molar-refractivity contribution in [1.29, 1.82) is 0 Å². The average Bonchev–Trinajstić information content (AvgIpc) is 2.90. The molecule has 2 atom stereocenters. The van der Waals surface area contributed by atoms with Gasteiger partial charge in [-0.05, 0) is 44.9 Å². The molecule has 2 N–H and O–H groups in total. The maximum atomic E-state index is 14.2. The first kappa shape index (κ1) is 18.8. The second kappa shape index (κ2) is 7.16. The molecule has 2 rings (SSSR count). The van der Waals surface area contributed by atoms with Gasteiger partial charge in [-0.15, -0.1) is 0 Å². The molecule has 1 aliphatic rings. The van der Waals surface area contributed by atoms with Crippen LogP contribution in [0.4, 0.5) is 4.39 Å². The lowest BCUT2D eigenvalue weighted by atomic mass is 10.1. The Morgan fingerprint density at radius 1 is 1.38 bits per heavy atom. The lowest BCUT2D eigenvalue weighted by Gasteiger charge is -2.28. The summed E-state index contributed by atoms with van der Waals surface area (Å²) in [6, 6.07) is 2.61. The fourth-order valence-electron chi connectivity index (χ4n) is 3.01. The van der Waals surface area contributed by atoms with Crippen LogP contribution in [0.15, 0.2) is 23.1 Å². The van der Waals surface area contributed by atoms with Crippen LogP contribution in [0.2, 0.25) is 0 Å². The van der Waals surface area contributed by atoms with Crippen molar-refractivity contribution >= 4 is 15.9 Å². The molecule has 0 saturated carbocycles. The number of aryl methyl sites for hydroxylation is 1. The number of nitrogens with two attached hydrogens (primary N) is 1. The van der Waals surface area contributed by atoms with Crippen molar-refractivity contribution in [3.8, 4) is 0 Å². The molecule has 6 nitrogen and oxygen atoms in total. The van der Waals surface area contributed by atoms with Crippen LogP contribution in [-0.4, -0.2) is 55.2 Å². The third-order valence-electron chi connectivity index (χ3n) is 4.32. The third-order valence-corrected chi connectivity index (χ3v) is 6.23. The Bertz CT molecular complexity index is 719. The zero-order valence-corrected chi connectivity index (χ0v) is 15.0. The molecule has 0 unspecified atom stereocenters. The topological polar surface area (TPSA) is 83.7 Å². The Morgan fingerprint density at radius 2 is 2.00 bits per heavy atom. The second-order valence-electron chi connectivity index (χ2n) is 6.03. The van der Waals surface area contributed by atoms with Gasteiger partial charge < -0.3 is 10.6 Å². The maximum Gasteiger partial charge on any atom is 0.246 e. The fraction of sp³-hybridized carbons (Fsp3) is 0.562. The molecule has 1 saturated heterocycles. The number of likely N-dealkylation sites (N-methyl/N-ethyl adjacent to an activating group) is 1. The van der Waals surface area contributed by atoms with E-state index in [1.54, 1.807) is 11.8 Å². The first-order valence-electron chi connectivity index (χ1n) is 8.04. The number of halogens is 1. The van der Waals surface area contributed by atoms with Gasteiger partial charge in [-0.1, -0.05) is 6.07 Å². The molecule has 0 spiro atoms. The molecule has 0 bridgehead atoms. The van der Waals surface area contributed by atoms with Crippen LogP contribution in [0, 0.1) is 12.7 Å². The van der Waals surface area contributed by atoms with Crippen LogP contribution in [-0.2, 0) is 14.8 Å². The largest absolute Gasteiger partial charge is 0.342 e. The fourth-order valence-corrected chi connectivity index (χ4v) is 4.71. The summed E-state index contributed by atoms with van der Waals surface area (Å²) in [6.45, 7) is 6.30. The van der Waals surface area contributed by atoms with Crippen molar-refractivity contribution in [2.75, 3.05) is 19.6 Å². The molecule has 1 fully saturated rings. The van der Waals surface area contributed by atoms with Crippen molar-refractivity contribution in [3.05, 3.63) is 29.6 Å². The number of carbonyl (C=O) groups is 1. The molecule has 0 aliphatic carbocycles. The van der Waals surface area contributed by atoms with Crippen LogP contribution in [0.5, 0.6) is 0 Å². The lowest BCUT2D eigenvalue weighted by Crippen LogP contribution is -2.47. The standard InChI is InChI=1S/C16H24FN3O3S/c1-4-19(5-2)16(21)14-9-12(18)10-20(14)24(22,23)15-7-6-11(3)8-13(15)17/h6-8,12,14H,4-5,9-10,18H2,1-3H3/t12-,14-/m0/s1. The van der Waals surface area contributed by atoms with Crippen molar-refractivity contribution < 1.29 is 17.6 Å². The van der Waals surface area contributed by atoms with Crippen molar-refractivity contribution in [3.63, 3.8) is 0 Å². The highest BCUT2D eigenvalue weighted by Gasteiger charge is 2.44. The van der Waals surface area contributed by atoms with E-state index in [1.165, 1.54) is 18.2 Å². The number of rotatable bonds is 5. The molecule has 134 valence electrons. The average molecular weight is 357 g/mol. The summed E-state index contributed by atoms with van der Waals surface area (Å²) in [5, 5.41) is 0. The van der Waals surface area contributed by atoms with E-state index in [4.69, 9.17) is 5.73 Å². The summed E-state index contributed by atoms with van der Waals surface area (Å²) in [4.78, 5) is 13.8. The maximum absolute atomic E-state index is 14.2. The van der Waals surface area contributed by atoms with Crippen molar-refractivity contribution in [2.24, 2.45) is 5.73 Å². The van der Waals surface area contributed by atoms with E-state index in [-0.39, 0.29) is 18.9 Å². The summed E-state index contributed by atoms with van der Waals surface area (Å²) < 4.78 is 41.0. The molecule has 0 radical (unpaired) electrons. The summed E-state index contributed by atoms with van der Waals surface area (Å²) in [5.74, 6) is -1.10. The number of benzene rings is 1. The van der Waals surface area contributed by atoms with Crippen LogP contribution in [0.3, 0.4) is 0 Å². The summed E-state index contributed by atoms with van der Waals surface area (Å²) in [7, 11) is -4.13. The van der Waals surface area contributed by atoms with Crippen LogP contribution >= 0.6 is 0 Å².